The first-order valence-electron chi connectivity index (χ1n) is 8.23. The van der Waals surface area contributed by atoms with Gasteiger partial charge in [-0.3, -0.25) is 4.79 Å². The SMILES string of the molecule is Cc1ccc(Cc2sc(NC(=O)CC3COCCN3)nc2C)cc1. The lowest BCUT2D eigenvalue weighted by Crippen LogP contribution is -2.43. The van der Waals surface area contributed by atoms with Crippen LogP contribution in [0.4, 0.5) is 5.13 Å². The lowest BCUT2D eigenvalue weighted by atomic mass is 10.1. The molecule has 3 rings (SSSR count). The van der Waals surface area contributed by atoms with Crippen molar-refractivity contribution in [2.45, 2.75) is 32.7 Å². The minimum atomic E-state index is -0.0198. The Bertz CT molecular complexity index is 691. The van der Waals surface area contributed by atoms with E-state index in [9.17, 15) is 4.79 Å². The first-order valence-corrected chi connectivity index (χ1v) is 9.04. The van der Waals surface area contributed by atoms with Gasteiger partial charge in [0.15, 0.2) is 5.13 Å². The molecule has 6 heteroatoms. The number of aromatic nitrogens is 1. The van der Waals surface area contributed by atoms with Gasteiger partial charge >= 0.3 is 0 Å². The molecule has 1 saturated heterocycles. The predicted octanol–water partition coefficient (Wildman–Crippen LogP) is 2.67. The van der Waals surface area contributed by atoms with Crippen molar-refractivity contribution in [1.82, 2.24) is 10.3 Å². The molecule has 1 aromatic heterocycles. The van der Waals surface area contributed by atoms with Crippen molar-refractivity contribution < 1.29 is 9.53 Å². The van der Waals surface area contributed by atoms with Crippen LogP contribution in [0.3, 0.4) is 0 Å². The molecule has 1 aromatic carbocycles. The minimum Gasteiger partial charge on any atom is -0.378 e. The fraction of sp³-hybridized carbons (Fsp3) is 0.444. The Morgan fingerprint density at radius 3 is 2.88 bits per heavy atom. The zero-order valence-electron chi connectivity index (χ0n) is 14.1. The molecule has 0 aliphatic carbocycles. The highest BCUT2D eigenvalue weighted by Gasteiger charge is 2.18. The molecular weight excluding hydrogens is 322 g/mol. The van der Waals surface area contributed by atoms with Gasteiger partial charge in [-0.1, -0.05) is 29.8 Å². The van der Waals surface area contributed by atoms with Crippen molar-refractivity contribution in [1.29, 1.82) is 0 Å². The average Bonchev–Trinajstić information content (AvgIpc) is 2.89. The second kappa shape index (κ2) is 7.88. The van der Waals surface area contributed by atoms with E-state index < -0.39 is 0 Å². The number of nitrogens with one attached hydrogen (secondary N) is 2. The predicted molar refractivity (Wildman–Crippen MR) is 96.7 cm³/mol. The number of ether oxygens (including phenoxy) is 1. The van der Waals surface area contributed by atoms with E-state index >= 15 is 0 Å². The maximum absolute atomic E-state index is 12.2. The van der Waals surface area contributed by atoms with Crippen molar-refractivity contribution in [3.05, 3.63) is 46.0 Å². The monoisotopic (exact) mass is 345 g/mol. The standard InChI is InChI=1S/C18H23N3O2S/c1-12-3-5-14(6-4-12)9-16-13(2)20-18(24-16)21-17(22)10-15-11-23-8-7-19-15/h3-6,15,19H,7-11H2,1-2H3,(H,20,21,22). The van der Waals surface area contributed by atoms with Crippen molar-refractivity contribution in [2.24, 2.45) is 0 Å². The second-order valence-corrected chi connectivity index (χ2v) is 7.25. The van der Waals surface area contributed by atoms with Crippen molar-refractivity contribution >= 4 is 22.4 Å². The molecule has 1 unspecified atom stereocenters. The third-order valence-corrected chi connectivity index (χ3v) is 5.13. The Morgan fingerprint density at radius 2 is 2.17 bits per heavy atom. The maximum atomic E-state index is 12.2. The summed E-state index contributed by atoms with van der Waals surface area (Å²) in [7, 11) is 0. The molecule has 1 aliphatic heterocycles. The van der Waals surface area contributed by atoms with Crippen molar-refractivity contribution in [3.8, 4) is 0 Å². The van der Waals surface area contributed by atoms with Crippen LogP contribution in [0.5, 0.6) is 0 Å². The normalized spacial score (nSPS) is 17.7. The molecule has 1 amide bonds. The molecule has 2 aromatic rings. The third-order valence-electron chi connectivity index (χ3n) is 4.05. The van der Waals surface area contributed by atoms with Gasteiger partial charge in [0.2, 0.25) is 5.91 Å². The van der Waals surface area contributed by atoms with E-state index in [2.05, 4.69) is 46.8 Å². The molecule has 1 atom stereocenters. The van der Waals surface area contributed by atoms with E-state index in [1.165, 1.54) is 16.0 Å². The second-order valence-electron chi connectivity index (χ2n) is 6.17. The number of anilines is 1. The van der Waals surface area contributed by atoms with Crippen LogP contribution < -0.4 is 10.6 Å². The topological polar surface area (TPSA) is 63.2 Å². The molecule has 0 radical (unpaired) electrons. The van der Waals surface area contributed by atoms with Crippen LogP contribution in [0.25, 0.3) is 0 Å². The number of carbonyl (C=O) groups excluding carboxylic acids is 1. The van der Waals surface area contributed by atoms with Crippen molar-refractivity contribution in [3.63, 3.8) is 0 Å². The number of thiazole rings is 1. The molecule has 1 aliphatic rings. The smallest absolute Gasteiger partial charge is 0.227 e. The third kappa shape index (κ3) is 4.63. The highest BCUT2D eigenvalue weighted by molar-refractivity contribution is 7.15. The van der Waals surface area contributed by atoms with E-state index in [1.807, 2.05) is 6.92 Å². The lowest BCUT2D eigenvalue weighted by molar-refractivity contribution is -0.117. The summed E-state index contributed by atoms with van der Waals surface area (Å²) in [6.45, 7) is 6.18. The van der Waals surface area contributed by atoms with Gasteiger partial charge < -0.3 is 15.4 Å². The summed E-state index contributed by atoms with van der Waals surface area (Å²) in [5.74, 6) is -0.0198. The summed E-state index contributed by atoms with van der Waals surface area (Å²) in [6, 6.07) is 8.61. The molecule has 2 N–H and O–H groups in total. The summed E-state index contributed by atoms with van der Waals surface area (Å²) in [5, 5.41) is 6.88. The number of morpholine rings is 1. The lowest BCUT2D eigenvalue weighted by Gasteiger charge is -2.22. The zero-order chi connectivity index (χ0) is 16.9. The van der Waals surface area contributed by atoms with Gasteiger partial charge in [0.1, 0.15) is 0 Å². The highest BCUT2D eigenvalue weighted by atomic mass is 32.1. The number of hydrogen-bond donors (Lipinski definition) is 2. The molecule has 0 saturated carbocycles. The molecular formula is C18H23N3O2S. The van der Waals surface area contributed by atoms with E-state index in [-0.39, 0.29) is 11.9 Å². The van der Waals surface area contributed by atoms with E-state index in [4.69, 9.17) is 4.74 Å². The number of amides is 1. The summed E-state index contributed by atoms with van der Waals surface area (Å²) in [4.78, 5) is 17.8. The Hall–Kier alpha value is -1.76. The van der Waals surface area contributed by atoms with Gasteiger partial charge in [-0.15, -0.1) is 11.3 Å². The quantitative estimate of drug-likeness (QED) is 0.874. The summed E-state index contributed by atoms with van der Waals surface area (Å²) >= 11 is 1.55. The number of aryl methyl sites for hydroxylation is 2. The first kappa shape index (κ1) is 17.1. The summed E-state index contributed by atoms with van der Waals surface area (Å²) in [5.41, 5.74) is 3.50. The Kier molecular flexibility index (Phi) is 5.60. The van der Waals surface area contributed by atoms with Crippen LogP contribution >= 0.6 is 11.3 Å². The number of rotatable bonds is 5. The number of benzene rings is 1. The minimum absolute atomic E-state index is 0.0198. The van der Waals surface area contributed by atoms with Crippen molar-refractivity contribution in [2.75, 3.05) is 25.1 Å². The largest absolute Gasteiger partial charge is 0.378 e. The van der Waals surface area contributed by atoms with Crippen LogP contribution in [0.1, 0.15) is 28.1 Å². The molecule has 1 fully saturated rings. The van der Waals surface area contributed by atoms with Gasteiger partial charge in [0.25, 0.3) is 0 Å². The van der Waals surface area contributed by atoms with Gasteiger partial charge in [-0.05, 0) is 19.4 Å². The molecule has 2 heterocycles. The van der Waals surface area contributed by atoms with Gasteiger partial charge in [0.05, 0.1) is 18.9 Å². The molecule has 0 spiro atoms. The van der Waals surface area contributed by atoms with Crippen LogP contribution in [0, 0.1) is 13.8 Å². The maximum Gasteiger partial charge on any atom is 0.227 e. The molecule has 0 bridgehead atoms. The zero-order valence-corrected chi connectivity index (χ0v) is 14.9. The van der Waals surface area contributed by atoms with Crippen LogP contribution in [0.2, 0.25) is 0 Å². The van der Waals surface area contributed by atoms with Gasteiger partial charge in [-0.2, -0.15) is 0 Å². The molecule has 5 nitrogen and oxygen atoms in total. The Balaban J connectivity index is 1.58. The Labute approximate surface area is 146 Å². The van der Waals surface area contributed by atoms with Crippen LogP contribution in [-0.2, 0) is 16.0 Å². The number of hydrogen-bond acceptors (Lipinski definition) is 5. The highest BCUT2D eigenvalue weighted by Crippen LogP contribution is 2.25. The summed E-state index contributed by atoms with van der Waals surface area (Å²) < 4.78 is 5.38. The summed E-state index contributed by atoms with van der Waals surface area (Å²) in [6.07, 6.45) is 1.25. The fourth-order valence-electron chi connectivity index (χ4n) is 2.68. The number of nitrogens with zero attached hydrogens (tertiary/aromatic N) is 1. The molecule has 128 valence electrons. The van der Waals surface area contributed by atoms with E-state index in [1.54, 1.807) is 11.3 Å². The fourth-order valence-corrected chi connectivity index (χ4v) is 3.69. The van der Waals surface area contributed by atoms with E-state index in [0.717, 1.165) is 18.7 Å². The van der Waals surface area contributed by atoms with Gasteiger partial charge in [-0.25, -0.2) is 4.98 Å². The molecule has 24 heavy (non-hydrogen) atoms. The van der Waals surface area contributed by atoms with E-state index in [0.29, 0.717) is 24.8 Å². The average molecular weight is 345 g/mol. The first-order chi connectivity index (χ1) is 11.6. The van der Waals surface area contributed by atoms with Gasteiger partial charge in [0, 0.05) is 30.3 Å². The Morgan fingerprint density at radius 1 is 1.38 bits per heavy atom. The van der Waals surface area contributed by atoms with Crippen LogP contribution in [-0.4, -0.2) is 36.7 Å². The van der Waals surface area contributed by atoms with Crippen LogP contribution in [0.15, 0.2) is 24.3 Å². The number of carbonyl (C=O) groups is 1.